The summed E-state index contributed by atoms with van der Waals surface area (Å²) in [6, 6.07) is 63.3. The topological polar surface area (TPSA) is 43.6 Å². The second kappa shape index (κ2) is 12.2. The monoisotopic (exact) mass is 626 g/mol. The average molecular weight is 627 g/mol. The van der Waals surface area contributed by atoms with Crippen LogP contribution in [0.25, 0.3) is 83.9 Å². The van der Waals surface area contributed by atoms with Gasteiger partial charge in [-0.15, -0.1) is 0 Å². The standard InChI is InChI=1S/C45H30N4/c1-3-16-31(17-4-1)33-20-15-21-34(30-33)44-46-43(32-18-5-2-6-19-32)47-45(48-44)39-26-8-7-22-35(39)36-23-9-12-27-40(36)49-41-28-13-10-24-37(41)38-25-11-14-29-42(38)49/h1-30H. The minimum Gasteiger partial charge on any atom is -0.309 e. The fourth-order valence-corrected chi connectivity index (χ4v) is 6.80. The van der Waals surface area contributed by atoms with Gasteiger partial charge in [-0.05, 0) is 41.0 Å². The summed E-state index contributed by atoms with van der Waals surface area (Å²) in [6.07, 6.45) is 0. The van der Waals surface area contributed by atoms with Crippen LogP contribution in [0.2, 0.25) is 0 Å². The van der Waals surface area contributed by atoms with Crippen LogP contribution in [-0.4, -0.2) is 19.5 Å². The Kier molecular flexibility index (Phi) is 7.10. The maximum Gasteiger partial charge on any atom is 0.164 e. The van der Waals surface area contributed by atoms with E-state index in [9.17, 15) is 0 Å². The molecule has 0 amide bonds. The van der Waals surface area contributed by atoms with Crippen molar-refractivity contribution in [3.8, 4) is 62.1 Å². The minimum absolute atomic E-state index is 0.626. The SMILES string of the molecule is c1ccc(-c2cccc(-c3nc(-c4ccccc4)nc(-c4ccccc4-c4ccccc4-n4c5ccccc5c5ccccc54)n3)c2)cc1. The number of benzene rings is 7. The number of nitrogens with zero attached hydrogens (tertiary/aromatic N) is 4. The van der Waals surface area contributed by atoms with Crippen molar-refractivity contribution >= 4 is 21.8 Å². The lowest BCUT2D eigenvalue weighted by Crippen LogP contribution is -2.02. The van der Waals surface area contributed by atoms with Gasteiger partial charge in [0, 0.05) is 33.0 Å². The van der Waals surface area contributed by atoms with Gasteiger partial charge in [-0.25, -0.2) is 15.0 Å². The molecule has 9 aromatic rings. The minimum atomic E-state index is 0.626. The molecule has 9 rings (SSSR count). The summed E-state index contributed by atoms with van der Waals surface area (Å²) in [5.74, 6) is 1.89. The van der Waals surface area contributed by atoms with Gasteiger partial charge >= 0.3 is 0 Å². The van der Waals surface area contributed by atoms with Crippen LogP contribution in [0.3, 0.4) is 0 Å². The molecular formula is C45H30N4. The van der Waals surface area contributed by atoms with Gasteiger partial charge in [0.15, 0.2) is 17.5 Å². The smallest absolute Gasteiger partial charge is 0.164 e. The Morgan fingerprint density at radius 1 is 0.306 bits per heavy atom. The van der Waals surface area contributed by atoms with Gasteiger partial charge in [0.05, 0.1) is 16.7 Å². The lowest BCUT2D eigenvalue weighted by molar-refractivity contribution is 1.07. The fraction of sp³-hybridized carbons (Fsp3) is 0. The molecule has 7 aromatic carbocycles. The van der Waals surface area contributed by atoms with Crippen molar-refractivity contribution < 1.29 is 0 Å². The third-order valence-corrected chi connectivity index (χ3v) is 9.08. The Labute approximate surface area is 284 Å². The van der Waals surface area contributed by atoms with Crippen LogP contribution >= 0.6 is 0 Å². The zero-order valence-electron chi connectivity index (χ0n) is 26.6. The molecular weight excluding hydrogens is 597 g/mol. The quantitative estimate of drug-likeness (QED) is 0.184. The Balaban J connectivity index is 1.26. The fourth-order valence-electron chi connectivity index (χ4n) is 6.80. The van der Waals surface area contributed by atoms with Crippen molar-refractivity contribution in [1.29, 1.82) is 0 Å². The molecule has 4 heteroatoms. The molecule has 2 aromatic heterocycles. The van der Waals surface area contributed by atoms with Crippen molar-refractivity contribution in [2.24, 2.45) is 0 Å². The Hall–Kier alpha value is -6.65. The summed E-state index contributed by atoms with van der Waals surface area (Å²) in [6.45, 7) is 0. The molecule has 0 bridgehead atoms. The summed E-state index contributed by atoms with van der Waals surface area (Å²) in [4.78, 5) is 15.3. The average Bonchev–Trinajstić information content (AvgIpc) is 3.53. The van der Waals surface area contributed by atoms with Gasteiger partial charge < -0.3 is 4.57 Å². The normalized spacial score (nSPS) is 11.3. The maximum atomic E-state index is 5.18. The molecule has 0 N–H and O–H groups in total. The summed E-state index contributed by atoms with van der Waals surface area (Å²) in [5.41, 5.74) is 10.7. The summed E-state index contributed by atoms with van der Waals surface area (Å²) in [7, 11) is 0. The number of fused-ring (bicyclic) bond motifs is 3. The first-order valence-corrected chi connectivity index (χ1v) is 16.5. The van der Waals surface area contributed by atoms with E-state index in [2.05, 4.69) is 150 Å². The third-order valence-electron chi connectivity index (χ3n) is 9.08. The molecule has 0 aliphatic rings. The van der Waals surface area contributed by atoms with Crippen molar-refractivity contribution in [1.82, 2.24) is 19.5 Å². The van der Waals surface area contributed by atoms with Gasteiger partial charge in [-0.1, -0.05) is 158 Å². The number of hydrogen-bond acceptors (Lipinski definition) is 3. The highest BCUT2D eigenvalue weighted by molar-refractivity contribution is 6.09. The van der Waals surface area contributed by atoms with E-state index in [1.807, 2.05) is 36.4 Å². The molecule has 0 fully saturated rings. The highest BCUT2D eigenvalue weighted by Gasteiger charge is 2.19. The summed E-state index contributed by atoms with van der Waals surface area (Å²) in [5, 5.41) is 2.46. The van der Waals surface area contributed by atoms with Crippen LogP contribution in [-0.2, 0) is 0 Å². The van der Waals surface area contributed by atoms with Gasteiger partial charge in [-0.3, -0.25) is 0 Å². The molecule has 0 saturated heterocycles. The van der Waals surface area contributed by atoms with Gasteiger partial charge in [0.25, 0.3) is 0 Å². The predicted octanol–water partition coefficient (Wildman–Crippen LogP) is 11.3. The van der Waals surface area contributed by atoms with E-state index in [1.54, 1.807) is 0 Å². The molecule has 0 aliphatic heterocycles. The first-order chi connectivity index (χ1) is 24.3. The summed E-state index contributed by atoms with van der Waals surface area (Å²) < 4.78 is 2.38. The van der Waals surface area contributed by atoms with E-state index in [-0.39, 0.29) is 0 Å². The first-order valence-electron chi connectivity index (χ1n) is 16.5. The lowest BCUT2D eigenvalue weighted by Gasteiger charge is -2.17. The summed E-state index contributed by atoms with van der Waals surface area (Å²) >= 11 is 0. The van der Waals surface area contributed by atoms with E-state index < -0.39 is 0 Å². The molecule has 0 saturated carbocycles. The second-order valence-corrected chi connectivity index (χ2v) is 12.1. The van der Waals surface area contributed by atoms with Crippen molar-refractivity contribution in [2.75, 3.05) is 0 Å². The van der Waals surface area contributed by atoms with Gasteiger partial charge in [0.2, 0.25) is 0 Å². The van der Waals surface area contributed by atoms with E-state index >= 15 is 0 Å². The predicted molar refractivity (Wildman–Crippen MR) is 201 cm³/mol. The van der Waals surface area contributed by atoms with Crippen LogP contribution in [0, 0.1) is 0 Å². The first kappa shape index (κ1) is 28.6. The molecule has 0 radical (unpaired) electrons. The third kappa shape index (κ3) is 5.16. The van der Waals surface area contributed by atoms with E-state index in [0.29, 0.717) is 17.5 Å². The van der Waals surface area contributed by atoms with Crippen molar-refractivity contribution in [3.63, 3.8) is 0 Å². The molecule has 2 heterocycles. The molecule has 230 valence electrons. The highest BCUT2D eigenvalue weighted by Crippen LogP contribution is 2.39. The van der Waals surface area contributed by atoms with E-state index in [4.69, 9.17) is 15.0 Å². The largest absolute Gasteiger partial charge is 0.309 e. The Morgan fingerprint density at radius 2 is 0.776 bits per heavy atom. The van der Waals surface area contributed by atoms with Crippen LogP contribution in [0.15, 0.2) is 182 Å². The number of para-hydroxylation sites is 3. The lowest BCUT2D eigenvalue weighted by atomic mass is 9.97. The maximum absolute atomic E-state index is 5.18. The van der Waals surface area contributed by atoms with Crippen LogP contribution in [0.1, 0.15) is 0 Å². The van der Waals surface area contributed by atoms with E-state index in [0.717, 1.165) is 44.6 Å². The second-order valence-electron chi connectivity index (χ2n) is 12.1. The van der Waals surface area contributed by atoms with E-state index in [1.165, 1.54) is 21.8 Å². The van der Waals surface area contributed by atoms with Gasteiger partial charge in [0.1, 0.15) is 0 Å². The van der Waals surface area contributed by atoms with Crippen LogP contribution in [0.5, 0.6) is 0 Å². The zero-order chi connectivity index (χ0) is 32.6. The molecule has 0 aliphatic carbocycles. The molecule has 4 nitrogen and oxygen atoms in total. The number of hydrogen-bond donors (Lipinski definition) is 0. The van der Waals surface area contributed by atoms with Gasteiger partial charge in [-0.2, -0.15) is 0 Å². The number of rotatable bonds is 6. The molecule has 0 spiro atoms. The van der Waals surface area contributed by atoms with Crippen molar-refractivity contribution in [3.05, 3.63) is 182 Å². The Morgan fingerprint density at radius 3 is 1.47 bits per heavy atom. The number of aromatic nitrogens is 4. The zero-order valence-corrected chi connectivity index (χ0v) is 26.6. The molecule has 0 atom stereocenters. The molecule has 0 unspecified atom stereocenters. The van der Waals surface area contributed by atoms with Crippen molar-refractivity contribution in [2.45, 2.75) is 0 Å². The molecule has 49 heavy (non-hydrogen) atoms. The van der Waals surface area contributed by atoms with Crippen LogP contribution in [0.4, 0.5) is 0 Å². The highest BCUT2D eigenvalue weighted by atomic mass is 15.0. The van der Waals surface area contributed by atoms with Crippen LogP contribution < -0.4 is 0 Å². The Bertz CT molecular complexity index is 2550.